The second-order valence-corrected chi connectivity index (χ2v) is 8.47. The minimum absolute atomic E-state index is 0.375. The van der Waals surface area contributed by atoms with Gasteiger partial charge in [-0.1, -0.05) is 18.2 Å². The van der Waals surface area contributed by atoms with Crippen LogP contribution in [0.5, 0.6) is 0 Å². The Balaban J connectivity index is 1.25. The first-order chi connectivity index (χ1) is 16.6. The zero-order chi connectivity index (χ0) is 23.8. The smallest absolute Gasteiger partial charge is 0.326 e. The van der Waals surface area contributed by atoms with E-state index in [9.17, 15) is 9.90 Å². The number of para-hydroxylation sites is 1. The standard InChI is InChI=1S/C25H32N6O3/c1-34-31(15-5-4-8-19-12-11-18-7-6-14-26-23(18)29-19)16-13-22(25(32)33)30-24-20-9-2-3-10-21(20)27-17-28-24/h2-3,9-12,17,22H,4-8,13-16H2,1H3,(H,26,29)(H,32,33)(H,27,28,30)/t22-/m0/s1. The predicted octanol–water partition coefficient (Wildman–Crippen LogP) is 3.52. The van der Waals surface area contributed by atoms with Crippen molar-refractivity contribution in [3.05, 3.63) is 54.0 Å². The maximum Gasteiger partial charge on any atom is 0.326 e. The van der Waals surface area contributed by atoms with E-state index in [2.05, 4.69) is 32.7 Å². The molecule has 1 aromatic carbocycles. The average molecular weight is 465 g/mol. The van der Waals surface area contributed by atoms with Gasteiger partial charge in [0.1, 0.15) is 24.0 Å². The van der Waals surface area contributed by atoms with E-state index in [1.54, 1.807) is 7.11 Å². The summed E-state index contributed by atoms with van der Waals surface area (Å²) in [7, 11) is 1.62. The molecule has 2 aromatic heterocycles. The molecule has 0 saturated carbocycles. The first kappa shape index (κ1) is 23.8. The molecule has 3 aromatic rings. The number of anilines is 2. The van der Waals surface area contributed by atoms with Crippen LogP contribution in [0.4, 0.5) is 11.6 Å². The van der Waals surface area contributed by atoms with Gasteiger partial charge in [-0.2, -0.15) is 5.06 Å². The Kier molecular flexibility index (Phi) is 8.21. The third-order valence-electron chi connectivity index (χ3n) is 6.12. The summed E-state index contributed by atoms with van der Waals surface area (Å²) in [5.74, 6) is 0.630. The van der Waals surface area contributed by atoms with E-state index in [1.165, 1.54) is 11.9 Å². The van der Waals surface area contributed by atoms with E-state index in [1.807, 2.05) is 29.3 Å². The number of aliphatic carboxylic acids is 1. The van der Waals surface area contributed by atoms with Crippen molar-refractivity contribution in [2.45, 2.75) is 44.6 Å². The second kappa shape index (κ2) is 11.7. The molecular weight excluding hydrogens is 432 g/mol. The molecule has 0 unspecified atom stereocenters. The van der Waals surface area contributed by atoms with Gasteiger partial charge in [-0.15, -0.1) is 0 Å². The third kappa shape index (κ3) is 6.18. The summed E-state index contributed by atoms with van der Waals surface area (Å²) in [5.41, 5.74) is 3.17. The summed E-state index contributed by atoms with van der Waals surface area (Å²) >= 11 is 0. The van der Waals surface area contributed by atoms with E-state index in [0.717, 1.165) is 67.6 Å². The monoisotopic (exact) mass is 464 g/mol. The van der Waals surface area contributed by atoms with Crippen molar-refractivity contribution >= 4 is 28.5 Å². The van der Waals surface area contributed by atoms with Crippen molar-refractivity contribution in [3.8, 4) is 0 Å². The molecule has 1 aliphatic rings. The molecular formula is C25H32N6O3. The Hall–Kier alpha value is -3.30. The molecule has 0 radical (unpaired) electrons. The average Bonchev–Trinajstić information content (AvgIpc) is 2.87. The fraction of sp³-hybridized carbons (Fsp3) is 0.440. The number of rotatable bonds is 12. The lowest BCUT2D eigenvalue weighted by Gasteiger charge is -2.22. The number of carboxylic acid groups (broad SMARTS) is 1. The van der Waals surface area contributed by atoms with Gasteiger partial charge in [0.05, 0.1) is 12.6 Å². The lowest BCUT2D eigenvalue weighted by Crippen LogP contribution is -2.35. The number of hydrogen-bond donors (Lipinski definition) is 3. The highest BCUT2D eigenvalue weighted by Crippen LogP contribution is 2.21. The molecule has 3 N–H and O–H groups in total. The summed E-state index contributed by atoms with van der Waals surface area (Å²) in [6.07, 6.45) is 6.90. The first-order valence-corrected chi connectivity index (χ1v) is 11.8. The Morgan fingerprint density at radius 1 is 1.21 bits per heavy atom. The maximum atomic E-state index is 11.9. The maximum absolute atomic E-state index is 11.9. The van der Waals surface area contributed by atoms with Gasteiger partial charge < -0.3 is 20.6 Å². The Labute approximate surface area is 199 Å². The van der Waals surface area contributed by atoms with Crippen LogP contribution in [-0.2, 0) is 22.5 Å². The molecule has 0 spiro atoms. The van der Waals surface area contributed by atoms with E-state index in [4.69, 9.17) is 9.82 Å². The number of pyridine rings is 1. The fourth-order valence-electron chi connectivity index (χ4n) is 4.21. The number of nitrogens with one attached hydrogen (secondary N) is 2. The molecule has 0 amide bonds. The van der Waals surface area contributed by atoms with Crippen LogP contribution in [0.1, 0.15) is 36.9 Å². The topological polar surface area (TPSA) is 113 Å². The molecule has 0 aliphatic carbocycles. The lowest BCUT2D eigenvalue weighted by atomic mass is 10.1. The molecule has 0 saturated heterocycles. The van der Waals surface area contributed by atoms with Gasteiger partial charge in [0, 0.05) is 30.7 Å². The van der Waals surface area contributed by atoms with Crippen LogP contribution in [0.2, 0.25) is 0 Å². The molecule has 34 heavy (non-hydrogen) atoms. The summed E-state index contributed by atoms with van der Waals surface area (Å²) in [4.78, 5) is 30.6. The highest BCUT2D eigenvalue weighted by atomic mass is 16.7. The number of carbonyl (C=O) groups is 1. The highest BCUT2D eigenvalue weighted by molar-refractivity contribution is 5.90. The van der Waals surface area contributed by atoms with Crippen LogP contribution in [0, 0.1) is 0 Å². The minimum atomic E-state index is -0.925. The van der Waals surface area contributed by atoms with Crippen LogP contribution in [0.25, 0.3) is 10.9 Å². The number of aryl methyl sites for hydroxylation is 2. The second-order valence-electron chi connectivity index (χ2n) is 8.47. The van der Waals surface area contributed by atoms with Crippen molar-refractivity contribution < 1.29 is 14.7 Å². The minimum Gasteiger partial charge on any atom is -0.480 e. The van der Waals surface area contributed by atoms with Gasteiger partial charge in [0.2, 0.25) is 0 Å². The lowest BCUT2D eigenvalue weighted by molar-refractivity contribution is -0.143. The van der Waals surface area contributed by atoms with Gasteiger partial charge in [0.25, 0.3) is 0 Å². The fourth-order valence-corrected chi connectivity index (χ4v) is 4.21. The normalized spacial score (nSPS) is 13.9. The summed E-state index contributed by atoms with van der Waals surface area (Å²) in [6.45, 7) is 2.21. The summed E-state index contributed by atoms with van der Waals surface area (Å²) < 4.78 is 0. The molecule has 9 nitrogen and oxygen atoms in total. The van der Waals surface area contributed by atoms with Crippen molar-refractivity contribution in [2.75, 3.05) is 37.4 Å². The van der Waals surface area contributed by atoms with Crippen LogP contribution >= 0.6 is 0 Å². The van der Waals surface area contributed by atoms with Gasteiger partial charge in [-0.3, -0.25) is 0 Å². The summed E-state index contributed by atoms with van der Waals surface area (Å²) in [6, 6.07) is 11.1. The van der Waals surface area contributed by atoms with Crippen molar-refractivity contribution in [3.63, 3.8) is 0 Å². The van der Waals surface area contributed by atoms with E-state index in [0.29, 0.717) is 18.8 Å². The van der Waals surface area contributed by atoms with Gasteiger partial charge >= 0.3 is 5.97 Å². The largest absolute Gasteiger partial charge is 0.480 e. The van der Waals surface area contributed by atoms with Crippen molar-refractivity contribution in [1.82, 2.24) is 20.0 Å². The summed E-state index contributed by atoms with van der Waals surface area (Å²) in [5, 5.41) is 18.8. The Morgan fingerprint density at radius 3 is 2.94 bits per heavy atom. The van der Waals surface area contributed by atoms with Crippen molar-refractivity contribution in [2.24, 2.45) is 0 Å². The van der Waals surface area contributed by atoms with Gasteiger partial charge in [-0.05, 0) is 62.3 Å². The number of unbranched alkanes of at least 4 members (excludes halogenated alkanes) is 1. The molecule has 180 valence electrons. The molecule has 0 bridgehead atoms. The number of benzene rings is 1. The van der Waals surface area contributed by atoms with E-state index >= 15 is 0 Å². The highest BCUT2D eigenvalue weighted by Gasteiger charge is 2.20. The Bertz CT molecular complexity index is 1100. The van der Waals surface area contributed by atoms with Gasteiger partial charge in [0.15, 0.2) is 0 Å². The number of aromatic nitrogens is 3. The predicted molar refractivity (Wildman–Crippen MR) is 132 cm³/mol. The third-order valence-corrected chi connectivity index (χ3v) is 6.12. The quantitative estimate of drug-likeness (QED) is 0.274. The number of hydrogen-bond acceptors (Lipinski definition) is 8. The molecule has 1 atom stereocenters. The van der Waals surface area contributed by atoms with Crippen LogP contribution in [0.3, 0.4) is 0 Å². The number of hydroxylamine groups is 2. The van der Waals surface area contributed by atoms with Crippen LogP contribution in [-0.4, -0.2) is 63.9 Å². The zero-order valence-electron chi connectivity index (χ0n) is 19.5. The molecule has 9 heteroatoms. The van der Waals surface area contributed by atoms with E-state index in [-0.39, 0.29) is 0 Å². The Morgan fingerprint density at radius 2 is 2.09 bits per heavy atom. The molecule has 1 aliphatic heterocycles. The SMILES string of the molecule is CON(CCCCc1ccc2c(n1)NCCC2)CC[C@H](Nc1ncnc2ccccc12)C(=O)O. The molecule has 0 fully saturated rings. The molecule has 3 heterocycles. The molecule has 4 rings (SSSR count). The van der Waals surface area contributed by atoms with Crippen LogP contribution < -0.4 is 10.6 Å². The zero-order valence-corrected chi connectivity index (χ0v) is 19.5. The van der Waals surface area contributed by atoms with Crippen molar-refractivity contribution in [1.29, 1.82) is 0 Å². The number of carboxylic acids is 1. The first-order valence-electron chi connectivity index (χ1n) is 11.8. The number of fused-ring (bicyclic) bond motifs is 2. The van der Waals surface area contributed by atoms with E-state index < -0.39 is 12.0 Å². The van der Waals surface area contributed by atoms with Gasteiger partial charge in [-0.25, -0.2) is 19.7 Å². The van der Waals surface area contributed by atoms with Crippen LogP contribution in [0.15, 0.2) is 42.7 Å². The number of nitrogens with zero attached hydrogens (tertiary/aromatic N) is 4.